The molecule has 0 bridgehead atoms. The lowest BCUT2D eigenvalue weighted by atomic mass is 10.0. The fraction of sp³-hybridized carbons (Fsp3) is 1.00. The van der Waals surface area contributed by atoms with Gasteiger partial charge in [-0.15, -0.1) is 0 Å². The van der Waals surface area contributed by atoms with E-state index in [1.807, 2.05) is 6.92 Å². The van der Waals surface area contributed by atoms with Gasteiger partial charge in [0.05, 0.1) is 11.4 Å². The van der Waals surface area contributed by atoms with Crippen molar-refractivity contribution in [3.8, 4) is 0 Å². The molecular formula is C13H27NO3S. The quantitative estimate of drug-likeness (QED) is 0.734. The summed E-state index contributed by atoms with van der Waals surface area (Å²) in [4.78, 5) is 0. The van der Waals surface area contributed by atoms with Crippen LogP contribution in [0.25, 0.3) is 0 Å². The second-order valence-corrected chi connectivity index (χ2v) is 7.67. The van der Waals surface area contributed by atoms with Crippen molar-refractivity contribution in [3.05, 3.63) is 0 Å². The SMILES string of the molecule is CCNC(CCCC1CCCO1)C(C)S(C)(=O)=O. The molecular weight excluding hydrogens is 250 g/mol. The molecule has 1 heterocycles. The Kier molecular flexibility index (Phi) is 6.60. The molecule has 0 aromatic rings. The van der Waals surface area contributed by atoms with Gasteiger partial charge in [0.15, 0.2) is 9.84 Å². The van der Waals surface area contributed by atoms with E-state index in [2.05, 4.69) is 5.32 Å². The van der Waals surface area contributed by atoms with Gasteiger partial charge in [-0.2, -0.15) is 0 Å². The van der Waals surface area contributed by atoms with Crippen LogP contribution >= 0.6 is 0 Å². The summed E-state index contributed by atoms with van der Waals surface area (Å²) in [6.45, 7) is 5.52. The standard InChI is InChI=1S/C13H27NO3S/c1-4-14-13(11(2)18(3,15)16)9-5-7-12-8-6-10-17-12/h11-14H,4-10H2,1-3H3. The van der Waals surface area contributed by atoms with E-state index < -0.39 is 9.84 Å². The van der Waals surface area contributed by atoms with Crippen LogP contribution in [0, 0.1) is 0 Å². The van der Waals surface area contributed by atoms with Gasteiger partial charge >= 0.3 is 0 Å². The monoisotopic (exact) mass is 277 g/mol. The number of ether oxygens (including phenoxy) is 1. The van der Waals surface area contributed by atoms with Crippen molar-refractivity contribution in [2.45, 2.75) is 63.3 Å². The molecule has 3 atom stereocenters. The van der Waals surface area contributed by atoms with Crippen molar-refractivity contribution in [3.63, 3.8) is 0 Å². The maximum atomic E-state index is 11.6. The molecule has 0 aliphatic carbocycles. The minimum atomic E-state index is -2.97. The van der Waals surface area contributed by atoms with Gasteiger partial charge in [0, 0.05) is 18.9 Å². The van der Waals surface area contributed by atoms with Crippen LogP contribution in [-0.4, -0.2) is 45.2 Å². The predicted molar refractivity (Wildman–Crippen MR) is 74.6 cm³/mol. The Bertz CT molecular complexity index is 323. The number of hydrogen-bond donors (Lipinski definition) is 1. The van der Waals surface area contributed by atoms with Gasteiger partial charge in [-0.1, -0.05) is 6.92 Å². The molecule has 0 aromatic carbocycles. The summed E-state index contributed by atoms with van der Waals surface area (Å²) in [5.74, 6) is 0. The van der Waals surface area contributed by atoms with E-state index in [0.29, 0.717) is 6.10 Å². The number of sulfone groups is 1. The molecule has 0 saturated carbocycles. The number of nitrogens with one attached hydrogen (secondary N) is 1. The van der Waals surface area contributed by atoms with Gasteiger partial charge in [0.2, 0.25) is 0 Å². The second kappa shape index (κ2) is 7.46. The second-order valence-electron chi connectivity index (χ2n) is 5.26. The van der Waals surface area contributed by atoms with Crippen LogP contribution in [0.3, 0.4) is 0 Å². The third-order valence-corrected chi connectivity index (χ3v) is 5.45. The zero-order valence-corrected chi connectivity index (χ0v) is 12.6. The average molecular weight is 277 g/mol. The zero-order chi connectivity index (χ0) is 13.6. The van der Waals surface area contributed by atoms with Crippen molar-refractivity contribution in [2.75, 3.05) is 19.4 Å². The van der Waals surface area contributed by atoms with Crippen LogP contribution in [0.4, 0.5) is 0 Å². The van der Waals surface area contributed by atoms with E-state index in [9.17, 15) is 8.42 Å². The lowest BCUT2D eigenvalue weighted by Crippen LogP contribution is -2.42. The average Bonchev–Trinajstić information content (AvgIpc) is 2.78. The van der Waals surface area contributed by atoms with Crippen LogP contribution in [-0.2, 0) is 14.6 Å². The molecule has 1 fully saturated rings. The summed E-state index contributed by atoms with van der Waals surface area (Å²) in [6, 6.07) is 0.0615. The summed E-state index contributed by atoms with van der Waals surface area (Å²) in [7, 11) is -2.97. The third-order valence-electron chi connectivity index (χ3n) is 3.77. The van der Waals surface area contributed by atoms with Crippen LogP contribution in [0.2, 0.25) is 0 Å². The number of hydrogen-bond acceptors (Lipinski definition) is 4. The Balaban J connectivity index is 2.37. The van der Waals surface area contributed by atoms with Gasteiger partial charge in [-0.05, 0) is 45.6 Å². The fourth-order valence-electron chi connectivity index (χ4n) is 2.50. The van der Waals surface area contributed by atoms with Crippen molar-refractivity contribution in [1.82, 2.24) is 5.32 Å². The van der Waals surface area contributed by atoms with Crippen molar-refractivity contribution in [1.29, 1.82) is 0 Å². The molecule has 0 spiro atoms. The highest BCUT2D eigenvalue weighted by Gasteiger charge is 2.25. The summed E-state index contributed by atoms with van der Waals surface area (Å²) in [6.07, 6.45) is 7.04. The van der Waals surface area contributed by atoms with E-state index in [1.165, 1.54) is 12.7 Å². The van der Waals surface area contributed by atoms with Crippen molar-refractivity contribution >= 4 is 9.84 Å². The van der Waals surface area contributed by atoms with Gasteiger partial charge in [-0.3, -0.25) is 0 Å². The predicted octanol–water partition coefficient (Wildman–Crippen LogP) is 1.75. The Morgan fingerprint density at radius 1 is 1.44 bits per heavy atom. The highest BCUT2D eigenvalue weighted by Crippen LogP contribution is 2.19. The number of rotatable bonds is 8. The molecule has 0 radical (unpaired) electrons. The maximum absolute atomic E-state index is 11.6. The van der Waals surface area contributed by atoms with Crippen LogP contribution < -0.4 is 5.32 Å². The lowest BCUT2D eigenvalue weighted by molar-refractivity contribution is 0.101. The van der Waals surface area contributed by atoms with Gasteiger partial charge in [0.1, 0.15) is 0 Å². The minimum absolute atomic E-state index is 0.0615. The highest BCUT2D eigenvalue weighted by atomic mass is 32.2. The molecule has 1 N–H and O–H groups in total. The molecule has 1 saturated heterocycles. The normalized spacial score (nSPS) is 24.1. The Labute approximate surface area is 111 Å². The molecule has 1 rings (SSSR count). The molecule has 108 valence electrons. The van der Waals surface area contributed by atoms with Gasteiger partial charge in [0.25, 0.3) is 0 Å². The van der Waals surface area contributed by atoms with Crippen LogP contribution in [0.1, 0.15) is 46.0 Å². The smallest absolute Gasteiger partial charge is 0.151 e. The zero-order valence-electron chi connectivity index (χ0n) is 11.8. The Morgan fingerprint density at radius 3 is 2.67 bits per heavy atom. The lowest BCUT2D eigenvalue weighted by Gasteiger charge is -2.24. The summed E-state index contributed by atoms with van der Waals surface area (Å²) < 4.78 is 28.8. The molecule has 1 aliphatic rings. The van der Waals surface area contributed by atoms with E-state index in [0.717, 1.165) is 38.8 Å². The first kappa shape index (κ1) is 15.9. The molecule has 0 amide bonds. The van der Waals surface area contributed by atoms with Crippen LogP contribution in [0.5, 0.6) is 0 Å². The molecule has 3 unspecified atom stereocenters. The first-order chi connectivity index (χ1) is 8.45. The molecule has 1 aliphatic heterocycles. The molecule has 4 nitrogen and oxygen atoms in total. The van der Waals surface area contributed by atoms with E-state index >= 15 is 0 Å². The van der Waals surface area contributed by atoms with E-state index in [1.54, 1.807) is 6.92 Å². The third kappa shape index (κ3) is 5.24. The van der Waals surface area contributed by atoms with E-state index in [4.69, 9.17) is 4.74 Å². The Morgan fingerprint density at radius 2 is 2.17 bits per heavy atom. The summed E-state index contributed by atoms with van der Waals surface area (Å²) >= 11 is 0. The van der Waals surface area contributed by atoms with Crippen molar-refractivity contribution < 1.29 is 13.2 Å². The first-order valence-electron chi connectivity index (χ1n) is 6.99. The van der Waals surface area contributed by atoms with Crippen LogP contribution in [0.15, 0.2) is 0 Å². The summed E-state index contributed by atoms with van der Waals surface area (Å²) in [5, 5.41) is 2.98. The Hall–Kier alpha value is -0.130. The fourth-order valence-corrected chi connectivity index (χ4v) is 3.33. The topological polar surface area (TPSA) is 55.4 Å². The largest absolute Gasteiger partial charge is 0.378 e. The molecule has 18 heavy (non-hydrogen) atoms. The van der Waals surface area contributed by atoms with Gasteiger partial charge < -0.3 is 10.1 Å². The molecule has 0 aromatic heterocycles. The first-order valence-corrected chi connectivity index (χ1v) is 8.94. The molecule has 5 heteroatoms. The minimum Gasteiger partial charge on any atom is -0.378 e. The van der Waals surface area contributed by atoms with E-state index in [-0.39, 0.29) is 11.3 Å². The van der Waals surface area contributed by atoms with Gasteiger partial charge in [-0.25, -0.2) is 8.42 Å². The summed E-state index contributed by atoms with van der Waals surface area (Å²) in [5.41, 5.74) is 0. The van der Waals surface area contributed by atoms with Crippen molar-refractivity contribution in [2.24, 2.45) is 0 Å². The highest BCUT2D eigenvalue weighted by molar-refractivity contribution is 7.91. The maximum Gasteiger partial charge on any atom is 0.151 e.